The number of hydrogen-bond acceptors (Lipinski definition) is 6. The first-order chi connectivity index (χ1) is 15.8. The summed E-state index contributed by atoms with van der Waals surface area (Å²) in [6, 6.07) is 14.5. The van der Waals surface area contributed by atoms with E-state index in [4.69, 9.17) is 33.2 Å². The Bertz CT molecular complexity index is 1590. The largest absolute Gasteiger partial charge is 0.453 e. The van der Waals surface area contributed by atoms with Crippen LogP contribution in [0.3, 0.4) is 0 Å². The fourth-order valence-electron chi connectivity index (χ4n) is 3.04. The molecule has 164 valence electrons. The van der Waals surface area contributed by atoms with Gasteiger partial charge in [0.2, 0.25) is 5.69 Å². The molecule has 2 aromatic heterocycles. The summed E-state index contributed by atoms with van der Waals surface area (Å²) in [6.45, 7) is 1.91. The highest BCUT2D eigenvalue weighted by atomic mass is 35.5. The summed E-state index contributed by atoms with van der Waals surface area (Å²) in [5.74, 6) is 0.369. The lowest BCUT2D eigenvalue weighted by atomic mass is 10.2. The smallest absolute Gasteiger partial charge is 0.349 e. The molecule has 0 atom stereocenters. The third-order valence-electron chi connectivity index (χ3n) is 4.55. The van der Waals surface area contributed by atoms with Crippen molar-refractivity contribution in [1.29, 1.82) is 5.26 Å². The number of rotatable bonds is 4. The van der Waals surface area contributed by atoms with E-state index < -0.39 is 16.9 Å². The second kappa shape index (κ2) is 8.78. The third kappa shape index (κ3) is 4.43. The Morgan fingerprint density at radius 3 is 2.42 bits per heavy atom. The summed E-state index contributed by atoms with van der Waals surface area (Å²) in [4.78, 5) is 38.0. The van der Waals surface area contributed by atoms with Gasteiger partial charge in [0.15, 0.2) is 5.75 Å². The highest BCUT2D eigenvalue weighted by Gasteiger charge is 2.15. The number of aromatic nitrogens is 4. The fourth-order valence-corrected chi connectivity index (χ4v) is 3.59. The van der Waals surface area contributed by atoms with Gasteiger partial charge in [0.05, 0.1) is 21.9 Å². The van der Waals surface area contributed by atoms with Gasteiger partial charge in [0, 0.05) is 11.8 Å². The quantitative estimate of drug-likeness (QED) is 0.476. The van der Waals surface area contributed by atoms with Gasteiger partial charge in [0.25, 0.3) is 11.1 Å². The van der Waals surface area contributed by atoms with Crippen LogP contribution in [0.25, 0.3) is 11.4 Å². The van der Waals surface area contributed by atoms with Crippen molar-refractivity contribution in [1.82, 2.24) is 19.3 Å². The van der Waals surface area contributed by atoms with Crippen molar-refractivity contribution in [3.63, 3.8) is 0 Å². The number of nitrogens with one attached hydrogen (secondary N) is 1. The van der Waals surface area contributed by atoms with Crippen LogP contribution in [0.4, 0.5) is 0 Å². The van der Waals surface area contributed by atoms with Gasteiger partial charge in [-0.05, 0) is 42.8 Å². The topological polar surface area (TPSA) is 123 Å². The van der Waals surface area contributed by atoms with E-state index in [2.05, 4.69) is 5.10 Å². The van der Waals surface area contributed by atoms with Gasteiger partial charge >= 0.3 is 5.69 Å². The average molecular weight is 482 g/mol. The second-order valence-electron chi connectivity index (χ2n) is 6.88. The lowest BCUT2D eigenvalue weighted by molar-refractivity contribution is 0.478. The van der Waals surface area contributed by atoms with Crippen molar-refractivity contribution in [3.8, 4) is 28.9 Å². The molecule has 0 aliphatic carbocycles. The standard InChI is InChI=1S/C22H13Cl2N5O4/c1-12-3-2-4-13(7-12)28-11-15(5-6-19(28)30)33-20-16(23)8-14(9-17(20)24)29-22(32)26-21(31)18(10-25)27-29/h2-9,11H,1H3,(H,26,31,32). The second-order valence-corrected chi connectivity index (χ2v) is 7.70. The molecule has 11 heteroatoms. The fraction of sp³-hybridized carbons (Fsp3) is 0.0455. The van der Waals surface area contributed by atoms with E-state index in [1.54, 1.807) is 12.1 Å². The van der Waals surface area contributed by atoms with Crippen molar-refractivity contribution in [2.45, 2.75) is 6.92 Å². The Hall–Kier alpha value is -4.13. The number of aromatic amines is 1. The van der Waals surface area contributed by atoms with Gasteiger partial charge in [-0.2, -0.15) is 9.94 Å². The summed E-state index contributed by atoms with van der Waals surface area (Å²) in [5, 5.41) is 12.8. The molecule has 0 amide bonds. The van der Waals surface area contributed by atoms with Crippen LogP contribution in [0.2, 0.25) is 10.0 Å². The number of hydrogen-bond donors (Lipinski definition) is 1. The summed E-state index contributed by atoms with van der Waals surface area (Å²) >= 11 is 12.7. The first kappa shape index (κ1) is 22.1. The van der Waals surface area contributed by atoms with Crippen LogP contribution in [0.1, 0.15) is 11.3 Å². The van der Waals surface area contributed by atoms with Gasteiger partial charge in [-0.3, -0.25) is 19.1 Å². The average Bonchev–Trinajstić information content (AvgIpc) is 2.77. The minimum atomic E-state index is -0.903. The van der Waals surface area contributed by atoms with E-state index in [0.29, 0.717) is 11.4 Å². The Morgan fingerprint density at radius 2 is 1.76 bits per heavy atom. The highest BCUT2D eigenvalue weighted by molar-refractivity contribution is 6.37. The molecule has 33 heavy (non-hydrogen) atoms. The lowest BCUT2D eigenvalue weighted by Crippen LogP contribution is -2.33. The van der Waals surface area contributed by atoms with Crippen molar-refractivity contribution >= 4 is 23.2 Å². The molecule has 0 bridgehead atoms. The molecule has 0 aliphatic rings. The van der Waals surface area contributed by atoms with E-state index in [-0.39, 0.29) is 27.0 Å². The zero-order valence-electron chi connectivity index (χ0n) is 16.9. The van der Waals surface area contributed by atoms with Gasteiger partial charge in [-0.15, -0.1) is 5.10 Å². The lowest BCUT2D eigenvalue weighted by Gasteiger charge is -2.13. The zero-order chi connectivity index (χ0) is 23.7. The van der Waals surface area contributed by atoms with Crippen molar-refractivity contribution in [2.75, 3.05) is 0 Å². The minimum absolute atomic E-state index is 0.0317. The van der Waals surface area contributed by atoms with Crippen molar-refractivity contribution in [3.05, 3.63) is 107 Å². The predicted molar refractivity (Wildman–Crippen MR) is 122 cm³/mol. The van der Waals surface area contributed by atoms with Crippen LogP contribution in [-0.2, 0) is 0 Å². The molecule has 4 rings (SSSR count). The molecule has 0 radical (unpaired) electrons. The SMILES string of the molecule is Cc1cccc(-n2cc(Oc3c(Cl)cc(-n4nc(C#N)c(=O)[nH]c4=O)cc3Cl)ccc2=O)c1. The molecular weight excluding hydrogens is 469 g/mol. The first-order valence-electron chi connectivity index (χ1n) is 9.37. The van der Waals surface area contributed by atoms with Gasteiger partial charge in [0.1, 0.15) is 11.8 Å². The zero-order valence-corrected chi connectivity index (χ0v) is 18.4. The van der Waals surface area contributed by atoms with Crippen molar-refractivity contribution < 1.29 is 4.74 Å². The Kier molecular flexibility index (Phi) is 5.87. The Balaban J connectivity index is 1.74. The maximum atomic E-state index is 12.3. The van der Waals surface area contributed by atoms with E-state index in [9.17, 15) is 14.4 Å². The highest BCUT2D eigenvalue weighted by Crippen LogP contribution is 2.38. The number of pyridine rings is 1. The molecule has 0 fully saturated rings. The van der Waals surface area contributed by atoms with E-state index in [0.717, 1.165) is 10.2 Å². The molecule has 0 unspecified atom stereocenters. The monoisotopic (exact) mass is 481 g/mol. The number of nitrogens with zero attached hydrogens (tertiary/aromatic N) is 4. The number of halogens is 2. The number of H-pyrrole nitrogens is 1. The summed E-state index contributed by atoms with van der Waals surface area (Å²) in [7, 11) is 0. The Morgan fingerprint density at radius 1 is 1.03 bits per heavy atom. The van der Waals surface area contributed by atoms with Gasteiger partial charge in [-0.25, -0.2) is 4.79 Å². The van der Waals surface area contributed by atoms with Gasteiger partial charge < -0.3 is 4.74 Å². The molecule has 0 saturated carbocycles. The number of benzene rings is 2. The Labute approximate surface area is 195 Å². The molecule has 1 N–H and O–H groups in total. The van der Waals surface area contributed by atoms with E-state index in [1.807, 2.05) is 30.1 Å². The van der Waals surface area contributed by atoms with Gasteiger partial charge in [-0.1, -0.05) is 35.3 Å². The number of ether oxygens (including phenoxy) is 1. The van der Waals surface area contributed by atoms with E-state index in [1.165, 1.54) is 35.0 Å². The van der Waals surface area contributed by atoms with Crippen LogP contribution in [0.5, 0.6) is 11.5 Å². The first-order valence-corrected chi connectivity index (χ1v) is 10.1. The maximum absolute atomic E-state index is 12.3. The predicted octanol–water partition coefficient (Wildman–Crippen LogP) is 3.35. The van der Waals surface area contributed by atoms with Crippen molar-refractivity contribution in [2.24, 2.45) is 0 Å². The molecule has 0 spiro atoms. The van der Waals surface area contributed by atoms with Crippen LogP contribution in [0, 0.1) is 18.3 Å². The molecule has 4 aromatic rings. The molecular formula is C22H13Cl2N5O4. The van der Waals surface area contributed by atoms with Crippen LogP contribution < -0.4 is 21.5 Å². The number of aryl methyl sites for hydroxylation is 1. The molecule has 2 heterocycles. The summed E-state index contributed by atoms with van der Waals surface area (Å²) in [5.41, 5.74) is -0.768. The number of nitriles is 1. The normalized spacial score (nSPS) is 10.6. The molecule has 9 nitrogen and oxygen atoms in total. The van der Waals surface area contributed by atoms with E-state index >= 15 is 0 Å². The van der Waals surface area contributed by atoms with Crippen LogP contribution in [-0.4, -0.2) is 19.3 Å². The van der Waals surface area contributed by atoms with Crippen LogP contribution >= 0.6 is 23.2 Å². The summed E-state index contributed by atoms with van der Waals surface area (Å²) in [6.07, 6.45) is 1.50. The van der Waals surface area contributed by atoms with Crippen LogP contribution in [0.15, 0.2) is 69.1 Å². The third-order valence-corrected chi connectivity index (χ3v) is 5.11. The molecule has 2 aromatic carbocycles. The summed E-state index contributed by atoms with van der Waals surface area (Å²) < 4.78 is 8.04. The maximum Gasteiger partial charge on any atom is 0.349 e. The molecule has 0 aliphatic heterocycles. The molecule has 0 saturated heterocycles. The minimum Gasteiger partial charge on any atom is -0.453 e.